The molecule has 140 valence electrons. The third kappa shape index (κ3) is 4.52. The lowest BCUT2D eigenvalue weighted by molar-refractivity contribution is 0.0866. The molecule has 2 aromatic heterocycles. The minimum atomic E-state index is 0.204. The fourth-order valence-corrected chi connectivity index (χ4v) is 3.34. The summed E-state index contributed by atoms with van der Waals surface area (Å²) < 4.78 is 11.1. The lowest BCUT2D eigenvalue weighted by atomic mass is 9.95. The molecule has 0 saturated carbocycles. The van der Waals surface area contributed by atoms with E-state index >= 15 is 0 Å². The Morgan fingerprint density at radius 3 is 2.56 bits per heavy atom. The summed E-state index contributed by atoms with van der Waals surface area (Å²) in [6, 6.07) is 12.2. The Balaban J connectivity index is 1.25. The number of ether oxygens (including phenoxy) is 1. The molecule has 0 spiro atoms. The Kier molecular flexibility index (Phi) is 5.16. The Bertz CT molecular complexity index is 855. The number of nitrogens with zero attached hydrogens (tertiary/aromatic N) is 4. The number of benzene rings is 1. The average Bonchev–Trinajstić information content (AvgIpc) is 3.10. The largest absolute Gasteiger partial charge is 0.491 e. The molecule has 1 aliphatic heterocycles. The van der Waals surface area contributed by atoms with Gasteiger partial charge in [-0.05, 0) is 49.6 Å². The van der Waals surface area contributed by atoms with Crippen LogP contribution in [0, 0.1) is 5.92 Å². The smallest absolute Gasteiger partial charge is 0.227 e. The summed E-state index contributed by atoms with van der Waals surface area (Å²) in [6.07, 6.45) is 4.50. The van der Waals surface area contributed by atoms with Gasteiger partial charge in [0, 0.05) is 44.0 Å². The lowest BCUT2D eigenvalue weighted by Gasteiger charge is -2.38. The van der Waals surface area contributed by atoms with Crippen LogP contribution >= 0.6 is 0 Å². The van der Waals surface area contributed by atoms with E-state index in [4.69, 9.17) is 9.26 Å². The van der Waals surface area contributed by atoms with Gasteiger partial charge in [0.1, 0.15) is 5.75 Å². The van der Waals surface area contributed by atoms with E-state index in [1.165, 1.54) is 5.56 Å². The number of rotatable bonds is 7. The van der Waals surface area contributed by atoms with Gasteiger partial charge in [-0.2, -0.15) is 4.98 Å². The third-order valence-electron chi connectivity index (χ3n) is 4.60. The third-order valence-corrected chi connectivity index (χ3v) is 4.60. The van der Waals surface area contributed by atoms with Gasteiger partial charge < -0.3 is 9.26 Å². The zero-order valence-electron chi connectivity index (χ0n) is 15.7. The van der Waals surface area contributed by atoms with Crippen molar-refractivity contribution in [2.24, 2.45) is 5.92 Å². The van der Waals surface area contributed by atoms with Crippen molar-refractivity contribution < 1.29 is 9.26 Å². The topological polar surface area (TPSA) is 64.3 Å². The standard InChI is InChI=1S/C21H24N4O2/c1-15(2)26-19-5-3-16(4-6-19)12-25-13-17(14-25)11-20-23-21(24-27-20)18-7-9-22-10-8-18/h3-10,15,17H,11-14H2,1-2H3. The van der Waals surface area contributed by atoms with E-state index in [1.807, 2.05) is 38.1 Å². The molecule has 6 heteroatoms. The first-order chi connectivity index (χ1) is 13.2. The Morgan fingerprint density at radius 1 is 1.11 bits per heavy atom. The lowest BCUT2D eigenvalue weighted by Crippen LogP contribution is -2.46. The summed E-state index contributed by atoms with van der Waals surface area (Å²) in [6.45, 7) is 7.15. The van der Waals surface area contributed by atoms with Gasteiger partial charge in [0.15, 0.2) is 0 Å². The zero-order valence-corrected chi connectivity index (χ0v) is 15.7. The van der Waals surface area contributed by atoms with Crippen LogP contribution in [-0.2, 0) is 13.0 Å². The maximum Gasteiger partial charge on any atom is 0.227 e. The molecule has 0 N–H and O–H groups in total. The van der Waals surface area contributed by atoms with Crippen LogP contribution in [0.5, 0.6) is 5.75 Å². The predicted octanol–water partition coefficient (Wildman–Crippen LogP) is 3.59. The molecule has 3 aromatic rings. The molecule has 0 unspecified atom stereocenters. The van der Waals surface area contributed by atoms with Crippen molar-refractivity contribution in [3.8, 4) is 17.1 Å². The van der Waals surface area contributed by atoms with Gasteiger partial charge in [0.25, 0.3) is 0 Å². The van der Waals surface area contributed by atoms with Crippen LogP contribution in [0.4, 0.5) is 0 Å². The summed E-state index contributed by atoms with van der Waals surface area (Å²) in [5.41, 5.74) is 2.24. The van der Waals surface area contributed by atoms with Crippen molar-refractivity contribution >= 4 is 0 Å². The Morgan fingerprint density at radius 2 is 1.85 bits per heavy atom. The van der Waals surface area contributed by atoms with Gasteiger partial charge in [-0.25, -0.2) is 0 Å². The van der Waals surface area contributed by atoms with E-state index in [0.29, 0.717) is 17.6 Å². The highest BCUT2D eigenvalue weighted by atomic mass is 16.5. The molecule has 0 bridgehead atoms. The van der Waals surface area contributed by atoms with Crippen molar-refractivity contribution in [3.63, 3.8) is 0 Å². The quantitative estimate of drug-likeness (QED) is 0.638. The SMILES string of the molecule is CC(C)Oc1ccc(CN2CC(Cc3nc(-c4ccncc4)no3)C2)cc1. The monoisotopic (exact) mass is 364 g/mol. The predicted molar refractivity (Wildman–Crippen MR) is 102 cm³/mol. The summed E-state index contributed by atoms with van der Waals surface area (Å²) >= 11 is 0. The number of pyridine rings is 1. The fourth-order valence-electron chi connectivity index (χ4n) is 3.34. The molecule has 4 rings (SSSR count). The molecular weight excluding hydrogens is 340 g/mol. The summed E-state index contributed by atoms with van der Waals surface area (Å²) in [5.74, 6) is 2.84. The highest BCUT2D eigenvalue weighted by Crippen LogP contribution is 2.24. The van der Waals surface area contributed by atoms with Crippen LogP contribution < -0.4 is 4.74 Å². The maximum atomic E-state index is 5.69. The van der Waals surface area contributed by atoms with Crippen LogP contribution in [0.2, 0.25) is 0 Å². The van der Waals surface area contributed by atoms with Crippen molar-refractivity contribution in [1.29, 1.82) is 0 Å². The van der Waals surface area contributed by atoms with Crippen LogP contribution in [-0.4, -0.2) is 39.2 Å². The normalized spacial score (nSPS) is 15.1. The van der Waals surface area contributed by atoms with E-state index in [9.17, 15) is 0 Å². The summed E-state index contributed by atoms with van der Waals surface area (Å²) in [4.78, 5) is 11.0. The first-order valence-corrected chi connectivity index (χ1v) is 9.36. The Hall–Kier alpha value is -2.73. The molecule has 0 atom stereocenters. The first kappa shape index (κ1) is 17.7. The number of hydrogen-bond acceptors (Lipinski definition) is 6. The molecular formula is C21H24N4O2. The van der Waals surface area contributed by atoms with E-state index < -0.39 is 0 Å². The van der Waals surface area contributed by atoms with Crippen molar-refractivity contribution in [3.05, 3.63) is 60.2 Å². The van der Waals surface area contributed by atoms with Crippen LogP contribution in [0.3, 0.4) is 0 Å². The van der Waals surface area contributed by atoms with Crippen LogP contribution in [0.25, 0.3) is 11.4 Å². The van der Waals surface area contributed by atoms with Gasteiger partial charge >= 0.3 is 0 Å². The van der Waals surface area contributed by atoms with Crippen LogP contribution in [0.1, 0.15) is 25.3 Å². The van der Waals surface area contributed by atoms with E-state index in [-0.39, 0.29) is 6.10 Å². The van der Waals surface area contributed by atoms with Gasteiger partial charge in [0.05, 0.1) is 6.10 Å². The number of hydrogen-bond donors (Lipinski definition) is 0. The molecule has 6 nitrogen and oxygen atoms in total. The maximum absolute atomic E-state index is 5.69. The minimum absolute atomic E-state index is 0.204. The van der Waals surface area contributed by atoms with Crippen molar-refractivity contribution in [1.82, 2.24) is 20.0 Å². The van der Waals surface area contributed by atoms with E-state index in [0.717, 1.165) is 37.4 Å². The van der Waals surface area contributed by atoms with Gasteiger partial charge in [-0.15, -0.1) is 0 Å². The van der Waals surface area contributed by atoms with Crippen molar-refractivity contribution in [2.75, 3.05) is 13.1 Å². The second-order valence-electron chi connectivity index (χ2n) is 7.32. The van der Waals surface area contributed by atoms with Crippen molar-refractivity contribution in [2.45, 2.75) is 32.9 Å². The molecule has 3 heterocycles. The number of likely N-dealkylation sites (tertiary alicyclic amines) is 1. The molecule has 1 aromatic carbocycles. The van der Waals surface area contributed by atoms with Gasteiger partial charge in [0.2, 0.25) is 11.7 Å². The van der Waals surface area contributed by atoms with Gasteiger partial charge in [-0.1, -0.05) is 17.3 Å². The van der Waals surface area contributed by atoms with Crippen LogP contribution in [0.15, 0.2) is 53.3 Å². The Labute approximate surface area is 159 Å². The number of aromatic nitrogens is 3. The molecule has 0 amide bonds. The van der Waals surface area contributed by atoms with E-state index in [1.54, 1.807) is 12.4 Å². The minimum Gasteiger partial charge on any atom is -0.491 e. The summed E-state index contributed by atoms with van der Waals surface area (Å²) in [5, 5.41) is 4.07. The zero-order chi connectivity index (χ0) is 18.6. The average molecular weight is 364 g/mol. The fraction of sp³-hybridized carbons (Fsp3) is 0.381. The summed E-state index contributed by atoms with van der Waals surface area (Å²) in [7, 11) is 0. The molecule has 1 aliphatic rings. The highest BCUT2D eigenvalue weighted by molar-refractivity contribution is 5.52. The molecule has 27 heavy (non-hydrogen) atoms. The molecule has 0 aliphatic carbocycles. The molecule has 1 fully saturated rings. The molecule has 1 saturated heterocycles. The van der Waals surface area contributed by atoms with E-state index in [2.05, 4.69) is 32.2 Å². The second-order valence-corrected chi connectivity index (χ2v) is 7.32. The van der Waals surface area contributed by atoms with Gasteiger partial charge in [-0.3, -0.25) is 9.88 Å². The molecule has 0 radical (unpaired) electrons. The highest BCUT2D eigenvalue weighted by Gasteiger charge is 2.28. The second kappa shape index (κ2) is 7.88. The first-order valence-electron chi connectivity index (χ1n) is 9.36.